The quantitative estimate of drug-likeness (QED) is 0.662. The molecule has 3 nitrogen and oxygen atoms in total. The summed E-state index contributed by atoms with van der Waals surface area (Å²) < 4.78 is 5.17. The van der Waals surface area contributed by atoms with Crippen LogP contribution in [0.2, 0.25) is 0 Å². The molecule has 1 fully saturated rings. The van der Waals surface area contributed by atoms with E-state index in [1.165, 1.54) is 19.3 Å². The van der Waals surface area contributed by atoms with Crippen LogP contribution in [0.4, 0.5) is 0 Å². The molecular formula is C11H21NO2. The van der Waals surface area contributed by atoms with Gasteiger partial charge in [0.15, 0.2) is 0 Å². The van der Waals surface area contributed by atoms with E-state index in [-0.39, 0.29) is 11.9 Å². The predicted octanol–water partition coefficient (Wildman–Crippen LogP) is 1.70. The molecule has 0 bridgehead atoms. The summed E-state index contributed by atoms with van der Waals surface area (Å²) in [6, 6.07) is 0. The van der Waals surface area contributed by atoms with Gasteiger partial charge >= 0.3 is 5.97 Å². The Morgan fingerprint density at radius 3 is 2.71 bits per heavy atom. The van der Waals surface area contributed by atoms with Crippen LogP contribution < -0.4 is 5.73 Å². The predicted molar refractivity (Wildman–Crippen MR) is 55.8 cm³/mol. The van der Waals surface area contributed by atoms with Gasteiger partial charge in [-0.1, -0.05) is 26.2 Å². The highest BCUT2D eigenvalue weighted by molar-refractivity contribution is 5.72. The van der Waals surface area contributed by atoms with E-state index in [1.54, 1.807) is 0 Å². The second kappa shape index (κ2) is 6.02. The van der Waals surface area contributed by atoms with Gasteiger partial charge in [0.1, 0.15) is 0 Å². The van der Waals surface area contributed by atoms with Crippen LogP contribution in [0.5, 0.6) is 0 Å². The molecule has 1 rings (SSSR count). The lowest BCUT2D eigenvalue weighted by molar-refractivity contribution is -0.148. The van der Waals surface area contributed by atoms with Crippen LogP contribution in [0.15, 0.2) is 0 Å². The first-order chi connectivity index (χ1) is 6.77. The van der Waals surface area contributed by atoms with Crippen LogP contribution in [0.25, 0.3) is 0 Å². The molecule has 3 heteroatoms. The first-order valence-electron chi connectivity index (χ1n) is 5.64. The summed E-state index contributed by atoms with van der Waals surface area (Å²) >= 11 is 0. The number of hydrogen-bond donors (Lipinski definition) is 1. The van der Waals surface area contributed by atoms with Crippen LogP contribution in [0, 0.1) is 11.8 Å². The maximum Gasteiger partial charge on any atom is 0.310 e. The molecule has 0 spiro atoms. The zero-order valence-electron chi connectivity index (χ0n) is 9.00. The van der Waals surface area contributed by atoms with Crippen LogP contribution in [-0.4, -0.2) is 19.1 Å². The Balaban J connectivity index is 2.06. The van der Waals surface area contributed by atoms with Gasteiger partial charge in [-0.3, -0.25) is 4.79 Å². The van der Waals surface area contributed by atoms with Gasteiger partial charge in [-0.15, -0.1) is 0 Å². The van der Waals surface area contributed by atoms with Crippen molar-refractivity contribution in [2.45, 2.75) is 39.0 Å². The molecule has 1 aliphatic carbocycles. The molecule has 0 heterocycles. The monoisotopic (exact) mass is 199 g/mol. The highest BCUT2D eigenvalue weighted by Gasteiger charge is 2.19. The number of esters is 1. The zero-order chi connectivity index (χ0) is 10.4. The van der Waals surface area contributed by atoms with E-state index < -0.39 is 0 Å². The van der Waals surface area contributed by atoms with E-state index in [0.29, 0.717) is 13.2 Å². The molecule has 0 aliphatic heterocycles. The van der Waals surface area contributed by atoms with Crippen LogP contribution in [-0.2, 0) is 9.53 Å². The fourth-order valence-electron chi connectivity index (χ4n) is 1.66. The number of rotatable bonds is 6. The Morgan fingerprint density at radius 1 is 1.57 bits per heavy atom. The Labute approximate surface area is 86.0 Å². The van der Waals surface area contributed by atoms with Crippen molar-refractivity contribution in [3.8, 4) is 0 Å². The molecule has 0 saturated heterocycles. The minimum absolute atomic E-state index is 0.101. The lowest BCUT2D eigenvalue weighted by Gasteiger charge is -2.25. The van der Waals surface area contributed by atoms with Crippen molar-refractivity contribution in [1.29, 1.82) is 0 Å². The van der Waals surface area contributed by atoms with E-state index in [2.05, 4.69) is 0 Å². The molecule has 82 valence electrons. The summed E-state index contributed by atoms with van der Waals surface area (Å²) in [6.07, 6.45) is 5.78. The Kier molecular flexibility index (Phi) is 4.94. The normalized spacial score (nSPS) is 18.7. The average molecular weight is 199 g/mol. The van der Waals surface area contributed by atoms with E-state index in [1.807, 2.05) is 6.92 Å². The summed E-state index contributed by atoms with van der Waals surface area (Å²) in [5.41, 5.74) is 5.45. The summed E-state index contributed by atoms with van der Waals surface area (Å²) in [7, 11) is 0. The third kappa shape index (κ3) is 3.29. The van der Waals surface area contributed by atoms with Crippen LogP contribution in [0.1, 0.15) is 39.0 Å². The fraction of sp³-hybridized carbons (Fsp3) is 0.909. The molecule has 1 aliphatic rings. The first-order valence-corrected chi connectivity index (χ1v) is 5.64. The third-order valence-corrected chi connectivity index (χ3v) is 3.11. The average Bonchev–Trinajstić information content (AvgIpc) is 2.11. The maximum atomic E-state index is 11.4. The standard InChI is InChI=1S/C11H21NO2/c1-2-10(8-12)11(13)14-7-6-9-4-3-5-9/h9-10H,2-8,12H2,1H3. The van der Waals surface area contributed by atoms with Gasteiger partial charge in [0.25, 0.3) is 0 Å². The molecule has 1 atom stereocenters. The largest absolute Gasteiger partial charge is 0.465 e. The number of hydrogen-bond acceptors (Lipinski definition) is 3. The van der Waals surface area contributed by atoms with Crippen molar-refractivity contribution >= 4 is 5.97 Å². The van der Waals surface area contributed by atoms with Crippen molar-refractivity contribution in [3.05, 3.63) is 0 Å². The Bertz CT molecular complexity index is 174. The molecule has 0 aromatic carbocycles. The van der Waals surface area contributed by atoms with Gasteiger partial charge in [-0.2, -0.15) is 0 Å². The summed E-state index contributed by atoms with van der Waals surface area (Å²) in [6.45, 7) is 2.95. The van der Waals surface area contributed by atoms with Crippen LogP contribution >= 0.6 is 0 Å². The van der Waals surface area contributed by atoms with Gasteiger partial charge in [-0.25, -0.2) is 0 Å². The van der Waals surface area contributed by atoms with Crippen LogP contribution in [0.3, 0.4) is 0 Å². The van der Waals surface area contributed by atoms with E-state index >= 15 is 0 Å². The first kappa shape index (κ1) is 11.5. The lowest BCUT2D eigenvalue weighted by Crippen LogP contribution is -2.26. The van der Waals surface area contributed by atoms with E-state index in [9.17, 15) is 4.79 Å². The van der Waals surface area contributed by atoms with Gasteiger partial charge in [0.05, 0.1) is 12.5 Å². The van der Waals surface area contributed by atoms with Gasteiger partial charge in [0, 0.05) is 6.54 Å². The highest BCUT2D eigenvalue weighted by atomic mass is 16.5. The second-order valence-corrected chi connectivity index (χ2v) is 4.09. The van der Waals surface area contributed by atoms with Crippen molar-refractivity contribution in [2.24, 2.45) is 17.6 Å². The molecule has 1 saturated carbocycles. The molecule has 0 radical (unpaired) electrons. The number of ether oxygens (including phenoxy) is 1. The third-order valence-electron chi connectivity index (χ3n) is 3.11. The molecule has 1 unspecified atom stereocenters. The lowest BCUT2D eigenvalue weighted by atomic mass is 9.83. The van der Waals surface area contributed by atoms with Crippen molar-refractivity contribution in [3.63, 3.8) is 0 Å². The second-order valence-electron chi connectivity index (χ2n) is 4.09. The van der Waals surface area contributed by atoms with Gasteiger partial charge in [-0.05, 0) is 18.8 Å². The maximum absolute atomic E-state index is 11.4. The summed E-state index contributed by atoms with van der Waals surface area (Å²) in [4.78, 5) is 11.4. The number of nitrogens with two attached hydrogens (primary N) is 1. The number of carbonyl (C=O) groups excluding carboxylic acids is 1. The number of carbonyl (C=O) groups is 1. The molecule has 0 amide bonds. The van der Waals surface area contributed by atoms with Crippen molar-refractivity contribution < 1.29 is 9.53 Å². The van der Waals surface area contributed by atoms with Gasteiger partial charge in [0.2, 0.25) is 0 Å². The smallest absolute Gasteiger partial charge is 0.310 e. The molecular weight excluding hydrogens is 178 g/mol. The SMILES string of the molecule is CCC(CN)C(=O)OCCC1CCC1. The van der Waals surface area contributed by atoms with Gasteiger partial charge < -0.3 is 10.5 Å². The zero-order valence-corrected chi connectivity index (χ0v) is 9.00. The van der Waals surface area contributed by atoms with Crippen molar-refractivity contribution in [1.82, 2.24) is 0 Å². The molecule has 2 N–H and O–H groups in total. The Hall–Kier alpha value is -0.570. The fourth-order valence-corrected chi connectivity index (χ4v) is 1.66. The summed E-state index contributed by atoms with van der Waals surface area (Å²) in [5, 5.41) is 0. The summed E-state index contributed by atoms with van der Waals surface area (Å²) in [5.74, 6) is 0.589. The minimum atomic E-state index is -0.116. The van der Waals surface area contributed by atoms with E-state index in [4.69, 9.17) is 10.5 Å². The molecule has 0 aromatic rings. The Morgan fingerprint density at radius 2 is 2.29 bits per heavy atom. The highest BCUT2D eigenvalue weighted by Crippen LogP contribution is 2.29. The topological polar surface area (TPSA) is 52.3 Å². The minimum Gasteiger partial charge on any atom is -0.465 e. The van der Waals surface area contributed by atoms with Crippen molar-refractivity contribution in [2.75, 3.05) is 13.2 Å². The molecule has 0 aromatic heterocycles. The van der Waals surface area contributed by atoms with E-state index in [0.717, 1.165) is 18.8 Å². The molecule has 14 heavy (non-hydrogen) atoms.